The fourth-order valence-corrected chi connectivity index (χ4v) is 8.16. The number of fused-ring (bicyclic) bond motifs is 5. The molecule has 8 aromatic carbocycles. The second-order valence-corrected chi connectivity index (χ2v) is 12.9. The van der Waals surface area contributed by atoms with Crippen LogP contribution in [0.4, 0.5) is 0 Å². The Morgan fingerprint density at radius 3 is 1.61 bits per heavy atom. The summed E-state index contributed by atoms with van der Waals surface area (Å²) in [5.41, 5.74) is 13.3. The summed E-state index contributed by atoms with van der Waals surface area (Å²) < 4.78 is 2.35. The van der Waals surface area contributed by atoms with Crippen molar-refractivity contribution >= 4 is 54.4 Å². The first kappa shape index (κ1) is 26.5. The van der Waals surface area contributed by atoms with Crippen LogP contribution in [-0.2, 0) is 0 Å². The minimum Gasteiger partial charge on any atom is -0.292 e. The van der Waals surface area contributed by atoms with Crippen LogP contribution in [0.15, 0.2) is 164 Å². The Kier molecular flexibility index (Phi) is 5.38. The molecule has 3 nitrogen and oxygen atoms in total. The zero-order valence-electron chi connectivity index (χ0n) is 26.4. The molecule has 0 saturated carbocycles. The molecule has 0 fully saturated rings. The highest BCUT2D eigenvalue weighted by Gasteiger charge is 2.26. The number of rotatable bonds is 3. The van der Waals surface area contributed by atoms with E-state index in [0.717, 1.165) is 49.9 Å². The highest BCUT2D eigenvalue weighted by molar-refractivity contribution is 6.27. The molecule has 0 saturated heterocycles. The van der Waals surface area contributed by atoms with Crippen LogP contribution in [0.1, 0.15) is 0 Å². The zero-order valence-corrected chi connectivity index (χ0v) is 26.4. The minimum atomic E-state index is 0.830. The Morgan fingerprint density at radius 2 is 0.918 bits per heavy atom. The maximum atomic E-state index is 5.51. The van der Waals surface area contributed by atoms with E-state index in [1.165, 1.54) is 54.9 Å². The van der Waals surface area contributed by atoms with Crippen LogP contribution in [0.25, 0.3) is 105 Å². The molecule has 2 heterocycles. The summed E-state index contributed by atoms with van der Waals surface area (Å²) in [5, 5.41) is 7.33. The molecule has 0 radical (unpaired) electrons. The Balaban J connectivity index is 1.26. The predicted octanol–water partition coefficient (Wildman–Crippen LogP) is 12.0. The van der Waals surface area contributed by atoms with Gasteiger partial charge in [-0.2, -0.15) is 0 Å². The SMILES string of the molecule is c1ccc(-c2ccc(-c3nc4c(ccc5ccccc54)nc3-n3c4cccc5c4c4c(cccc43)-c3cccc4cccc-5c34)cc2)cc1. The van der Waals surface area contributed by atoms with Crippen LogP contribution < -0.4 is 0 Å². The molecule has 10 aromatic rings. The molecule has 11 rings (SSSR count). The van der Waals surface area contributed by atoms with Crippen LogP contribution in [0, 0.1) is 0 Å². The molecular formula is C46H27N3. The third kappa shape index (κ3) is 3.73. The van der Waals surface area contributed by atoms with Gasteiger partial charge < -0.3 is 0 Å². The number of benzene rings is 8. The number of nitrogens with zero attached hydrogens (tertiary/aromatic N) is 3. The Labute approximate surface area is 282 Å². The van der Waals surface area contributed by atoms with Crippen LogP contribution in [0.5, 0.6) is 0 Å². The quantitative estimate of drug-likeness (QED) is 0.184. The summed E-state index contributed by atoms with van der Waals surface area (Å²) >= 11 is 0. The lowest BCUT2D eigenvalue weighted by atomic mass is 9.93. The second kappa shape index (κ2) is 9.96. The van der Waals surface area contributed by atoms with Crippen molar-refractivity contribution in [2.24, 2.45) is 0 Å². The van der Waals surface area contributed by atoms with Gasteiger partial charge in [-0.1, -0.05) is 146 Å². The van der Waals surface area contributed by atoms with Crippen molar-refractivity contribution in [3.05, 3.63) is 164 Å². The lowest BCUT2D eigenvalue weighted by Crippen LogP contribution is -2.04. The first-order chi connectivity index (χ1) is 24.3. The monoisotopic (exact) mass is 621 g/mol. The largest absolute Gasteiger partial charge is 0.292 e. The zero-order chi connectivity index (χ0) is 32.1. The van der Waals surface area contributed by atoms with Crippen molar-refractivity contribution in [2.75, 3.05) is 0 Å². The van der Waals surface area contributed by atoms with Gasteiger partial charge in [0.2, 0.25) is 0 Å². The molecule has 0 unspecified atom stereocenters. The Bertz CT molecular complexity index is 2880. The summed E-state index contributed by atoms with van der Waals surface area (Å²) in [4.78, 5) is 11.0. The lowest BCUT2D eigenvalue weighted by Gasteiger charge is -2.16. The molecule has 0 amide bonds. The molecule has 2 aromatic heterocycles. The van der Waals surface area contributed by atoms with E-state index in [2.05, 4.69) is 168 Å². The Morgan fingerprint density at radius 1 is 0.367 bits per heavy atom. The summed E-state index contributed by atoms with van der Waals surface area (Å²) in [6.45, 7) is 0. The maximum absolute atomic E-state index is 5.51. The highest BCUT2D eigenvalue weighted by atomic mass is 15.1. The van der Waals surface area contributed by atoms with E-state index in [1.54, 1.807) is 0 Å². The second-order valence-electron chi connectivity index (χ2n) is 12.9. The van der Waals surface area contributed by atoms with Crippen molar-refractivity contribution in [2.45, 2.75) is 0 Å². The first-order valence-corrected chi connectivity index (χ1v) is 16.8. The van der Waals surface area contributed by atoms with Crippen molar-refractivity contribution in [1.82, 2.24) is 14.5 Å². The maximum Gasteiger partial charge on any atom is 0.165 e. The van der Waals surface area contributed by atoms with Crippen molar-refractivity contribution in [1.29, 1.82) is 0 Å². The first-order valence-electron chi connectivity index (χ1n) is 16.8. The van der Waals surface area contributed by atoms with E-state index < -0.39 is 0 Å². The van der Waals surface area contributed by atoms with E-state index in [9.17, 15) is 0 Å². The average Bonchev–Trinajstić information content (AvgIpc) is 3.45. The summed E-state index contributed by atoms with van der Waals surface area (Å²) in [7, 11) is 0. The van der Waals surface area contributed by atoms with Gasteiger partial charge in [0.05, 0.1) is 22.1 Å². The number of hydrogen-bond acceptors (Lipinski definition) is 2. The average molecular weight is 622 g/mol. The van der Waals surface area contributed by atoms with Gasteiger partial charge in [0.25, 0.3) is 0 Å². The van der Waals surface area contributed by atoms with Crippen molar-refractivity contribution in [3.8, 4) is 50.5 Å². The van der Waals surface area contributed by atoms with Gasteiger partial charge in [-0.05, 0) is 67.7 Å². The fourth-order valence-electron chi connectivity index (χ4n) is 8.16. The predicted molar refractivity (Wildman–Crippen MR) is 204 cm³/mol. The standard InChI is InChI=1S/C46H27N3/c1-2-10-28(11-3-1)29-22-24-32(25-23-29)44-46(47-38-27-26-30-12-4-5-15-33(30)45(38)48-44)49-39-20-8-18-36-34-16-6-13-31-14-7-17-35(41(31)34)37-19-9-21-40(49)43(37)42(36)39/h1-27H. The number of aromatic nitrogens is 3. The van der Waals surface area contributed by atoms with Crippen molar-refractivity contribution in [3.63, 3.8) is 0 Å². The topological polar surface area (TPSA) is 30.7 Å². The van der Waals surface area contributed by atoms with Crippen LogP contribution >= 0.6 is 0 Å². The third-order valence-electron chi connectivity index (χ3n) is 10.3. The van der Waals surface area contributed by atoms with Gasteiger partial charge in [0.1, 0.15) is 5.69 Å². The molecule has 0 atom stereocenters. The minimum absolute atomic E-state index is 0.830. The summed E-state index contributed by atoms with van der Waals surface area (Å²) in [6, 6.07) is 58.8. The molecule has 49 heavy (non-hydrogen) atoms. The van der Waals surface area contributed by atoms with Gasteiger partial charge in [-0.25, -0.2) is 9.97 Å². The highest BCUT2D eigenvalue weighted by Crippen LogP contribution is 2.49. The Hall–Kier alpha value is -6.58. The molecule has 1 aliphatic rings. The molecular weight excluding hydrogens is 595 g/mol. The van der Waals surface area contributed by atoms with Crippen molar-refractivity contribution < 1.29 is 0 Å². The van der Waals surface area contributed by atoms with Gasteiger partial charge in [0.15, 0.2) is 5.82 Å². The molecule has 1 aliphatic carbocycles. The normalized spacial score (nSPS) is 12.1. The molecule has 0 bridgehead atoms. The van der Waals surface area contributed by atoms with E-state index >= 15 is 0 Å². The van der Waals surface area contributed by atoms with E-state index in [4.69, 9.17) is 9.97 Å². The van der Waals surface area contributed by atoms with Crippen LogP contribution in [0.2, 0.25) is 0 Å². The van der Waals surface area contributed by atoms with E-state index in [0.29, 0.717) is 0 Å². The smallest absolute Gasteiger partial charge is 0.165 e. The van der Waals surface area contributed by atoms with Crippen LogP contribution in [-0.4, -0.2) is 14.5 Å². The van der Waals surface area contributed by atoms with Gasteiger partial charge in [0, 0.05) is 21.7 Å². The molecule has 0 spiro atoms. The fraction of sp³-hybridized carbons (Fsp3) is 0. The third-order valence-corrected chi connectivity index (χ3v) is 10.3. The molecule has 226 valence electrons. The van der Waals surface area contributed by atoms with Crippen LogP contribution in [0.3, 0.4) is 0 Å². The van der Waals surface area contributed by atoms with Gasteiger partial charge in [-0.3, -0.25) is 4.57 Å². The van der Waals surface area contributed by atoms with E-state index in [-0.39, 0.29) is 0 Å². The number of hydrogen-bond donors (Lipinski definition) is 0. The molecule has 0 N–H and O–H groups in total. The summed E-state index contributed by atoms with van der Waals surface area (Å²) in [6.07, 6.45) is 0. The van der Waals surface area contributed by atoms with E-state index in [1.807, 2.05) is 0 Å². The summed E-state index contributed by atoms with van der Waals surface area (Å²) in [5.74, 6) is 0.830. The van der Waals surface area contributed by atoms with Gasteiger partial charge >= 0.3 is 0 Å². The molecule has 0 aliphatic heterocycles. The molecule has 3 heteroatoms. The lowest BCUT2D eigenvalue weighted by molar-refractivity contribution is 1.08. The van der Waals surface area contributed by atoms with Gasteiger partial charge in [-0.15, -0.1) is 0 Å².